The number of hydrogen-bond donors (Lipinski definition) is 0. The van der Waals surface area contributed by atoms with Gasteiger partial charge in [-0.1, -0.05) is 72.9 Å². The molecular formula is C21H19NS. The van der Waals surface area contributed by atoms with Gasteiger partial charge in [0.25, 0.3) is 0 Å². The van der Waals surface area contributed by atoms with Crippen molar-refractivity contribution in [3.8, 4) is 22.3 Å². The van der Waals surface area contributed by atoms with E-state index < -0.39 is 0 Å². The zero-order valence-corrected chi connectivity index (χ0v) is 14.0. The van der Waals surface area contributed by atoms with Gasteiger partial charge in [-0.25, -0.2) is 0 Å². The first-order valence-corrected chi connectivity index (χ1v) is 8.06. The molecule has 3 rings (SSSR count). The SMILES string of the molecule is C=CCc1cccc(-c2cn(C)cc(-c3ccccc3)c2=S)c1. The van der Waals surface area contributed by atoms with E-state index in [2.05, 4.69) is 59.9 Å². The van der Waals surface area contributed by atoms with Crippen molar-refractivity contribution in [3.05, 3.63) is 89.7 Å². The van der Waals surface area contributed by atoms with Gasteiger partial charge in [-0.2, -0.15) is 0 Å². The van der Waals surface area contributed by atoms with Crippen LogP contribution in [0.1, 0.15) is 5.56 Å². The second-order valence-electron chi connectivity index (χ2n) is 5.64. The Kier molecular flexibility index (Phi) is 4.54. The van der Waals surface area contributed by atoms with Crippen molar-refractivity contribution in [2.24, 2.45) is 7.05 Å². The van der Waals surface area contributed by atoms with Gasteiger partial charge < -0.3 is 4.57 Å². The molecule has 0 radical (unpaired) electrons. The summed E-state index contributed by atoms with van der Waals surface area (Å²) in [5, 5.41) is 0. The second kappa shape index (κ2) is 6.76. The van der Waals surface area contributed by atoms with Crippen LogP contribution in [0, 0.1) is 4.51 Å². The van der Waals surface area contributed by atoms with Crippen LogP contribution in [0.15, 0.2) is 79.6 Å². The number of aromatic nitrogens is 1. The van der Waals surface area contributed by atoms with Gasteiger partial charge in [0.15, 0.2) is 0 Å². The lowest BCUT2D eigenvalue weighted by Gasteiger charge is -2.11. The minimum atomic E-state index is 0.866. The Morgan fingerprint density at radius 1 is 0.957 bits per heavy atom. The van der Waals surface area contributed by atoms with E-state index in [1.165, 1.54) is 5.56 Å². The summed E-state index contributed by atoms with van der Waals surface area (Å²) < 4.78 is 2.97. The molecule has 3 aromatic rings. The Balaban J connectivity index is 2.18. The lowest BCUT2D eigenvalue weighted by atomic mass is 9.99. The van der Waals surface area contributed by atoms with E-state index in [0.717, 1.165) is 33.2 Å². The first kappa shape index (κ1) is 15.4. The fraction of sp³-hybridized carbons (Fsp3) is 0.0952. The second-order valence-corrected chi connectivity index (χ2v) is 6.05. The summed E-state index contributed by atoms with van der Waals surface area (Å²) in [7, 11) is 2.04. The highest BCUT2D eigenvalue weighted by Crippen LogP contribution is 2.29. The van der Waals surface area contributed by atoms with Gasteiger partial charge >= 0.3 is 0 Å². The van der Waals surface area contributed by atoms with Crippen LogP contribution >= 0.6 is 12.2 Å². The molecule has 0 bridgehead atoms. The molecule has 0 unspecified atom stereocenters. The van der Waals surface area contributed by atoms with E-state index in [1.807, 2.05) is 31.3 Å². The summed E-state index contributed by atoms with van der Waals surface area (Å²) in [5.74, 6) is 0. The fourth-order valence-corrected chi connectivity index (χ4v) is 3.11. The summed E-state index contributed by atoms with van der Waals surface area (Å²) >= 11 is 5.79. The molecule has 0 saturated heterocycles. The largest absolute Gasteiger partial charge is 0.356 e. The molecule has 114 valence electrons. The molecule has 0 N–H and O–H groups in total. The van der Waals surface area contributed by atoms with Crippen molar-refractivity contribution in [2.45, 2.75) is 6.42 Å². The summed E-state index contributed by atoms with van der Waals surface area (Å²) in [6, 6.07) is 18.8. The molecule has 0 fully saturated rings. The topological polar surface area (TPSA) is 4.93 Å². The fourth-order valence-electron chi connectivity index (χ4n) is 2.77. The van der Waals surface area contributed by atoms with E-state index in [9.17, 15) is 0 Å². The van der Waals surface area contributed by atoms with Crippen molar-refractivity contribution in [3.63, 3.8) is 0 Å². The third kappa shape index (κ3) is 3.33. The van der Waals surface area contributed by atoms with Crippen molar-refractivity contribution >= 4 is 12.2 Å². The zero-order chi connectivity index (χ0) is 16.2. The van der Waals surface area contributed by atoms with E-state index in [1.54, 1.807) is 0 Å². The predicted octanol–water partition coefficient (Wildman–Crippen LogP) is 5.82. The van der Waals surface area contributed by atoms with Crippen LogP contribution in [0.4, 0.5) is 0 Å². The maximum Gasteiger partial charge on any atom is 0.0563 e. The Morgan fingerprint density at radius 2 is 1.61 bits per heavy atom. The average Bonchev–Trinajstić information content (AvgIpc) is 2.58. The molecule has 0 spiro atoms. The van der Waals surface area contributed by atoms with Crippen molar-refractivity contribution in [1.82, 2.24) is 4.57 Å². The summed E-state index contributed by atoms with van der Waals surface area (Å²) in [5.41, 5.74) is 5.74. The Bertz CT molecular complexity index is 891. The highest BCUT2D eigenvalue weighted by molar-refractivity contribution is 7.71. The average molecular weight is 317 g/mol. The van der Waals surface area contributed by atoms with Crippen LogP contribution in [0.5, 0.6) is 0 Å². The van der Waals surface area contributed by atoms with E-state index in [-0.39, 0.29) is 0 Å². The molecule has 2 heteroatoms. The van der Waals surface area contributed by atoms with E-state index >= 15 is 0 Å². The molecular weight excluding hydrogens is 298 g/mol. The number of pyridine rings is 1. The van der Waals surface area contributed by atoms with Gasteiger partial charge in [0.1, 0.15) is 0 Å². The predicted molar refractivity (Wildman–Crippen MR) is 101 cm³/mol. The highest BCUT2D eigenvalue weighted by atomic mass is 32.1. The Hall–Kier alpha value is -2.45. The van der Waals surface area contributed by atoms with Gasteiger partial charge in [-0.3, -0.25) is 0 Å². The first-order valence-electron chi connectivity index (χ1n) is 7.65. The summed E-state index contributed by atoms with van der Waals surface area (Å²) in [4.78, 5) is 0. The minimum absolute atomic E-state index is 0.866. The Morgan fingerprint density at radius 3 is 2.30 bits per heavy atom. The maximum absolute atomic E-state index is 5.79. The normalized spacial score (nSPS) is 10.5. The highest BCUT2D eigenvalue weighted by Gasteiger charge is 2.08. The van der Waals surface area contributed by atoms with E-state index in [0.29, 0.717) is 0 Å². The van der Waals surface area contributed by atoms with Gasteiger partial charge in [0.2, 0.25) is 0 Å². The van der Waals surface area contributed by atoms with Crippen LogP contribution in [0.3, 0.4) is 0 Å². The molecule has 0 saturated carbocycles. The third-order valence-electron chi connectivity index (χ3n) is 3.86. The van der Waals surface area contributed by atoms with E-state index in [4.69, 9.17) is 12.2 Å². The number of nitrogens with zero attached hydrogens (tertiary/aromatic N) is 1. The molecule has 0 atom stereocenters. The molecule has 23 heavy (non-hydrogen) atoms. The van der Waals surface area contributed by atoms with Crippen LogP contribution in [0.25, 0.3) is 22.3 Å². The number of aryl methyl sites for hydroxylation is 1. The molecule has 2 aromatic carbocycles. The molecule has 1 heterocycles. The lowest BCUT2D eigenvalue weighted by molar-refractivity contribution is 0.906. The zero-order valence-electron chi connectivity index (χ0n) is 13.2. The van der Waals surface area contributed by atoms with Crippen molar-refractivity contribution in [2.75, 3.05) is 0 Å². The molecule has 0 amide bonds. The molecule has 1 aromatic heterocycles. The standard InChI is InChI=1S/C21H19NS/c1-3-8-16-9-7-12-18(13-16)20-15-22(2)14-19(21(20)23)17-10-5-4-6-11-17/h3-7,9-15H,1,8H2,2H3. The number of hydrogen-bond acceptors (Lipinski definition) is 1. The minimum Gasteiger partial charge on any atom is -0.356 e. The molecule has 0 aliphatic carbocycles. The maximum atomic E-state index is 5.79. The summed E-state index contributed by atoms with van der Waals surface area (Å²) in [6.45, 7) is 3.82. The van der Waals surface area contributed by atoms with Crippen molar-refractivity contribution < 1.29 is 0 Å². The lowest BCUT2D eigenvalue weighted by Crippen LogP contribution is -1.95. The van der Waals surface area contributed by atoms with Crippen molar-refractivity contribution in [1.29, 1.82) is 0 Å². The van der Waals surface area contributed by atoms with Crippen LogP contribution < -0.4 is 0 Å². The molecule has 0 aliphatic heterocycles. The molecule has 0 aliphatic rings. The third-order valence-corrected chi connectivity index (χ3v) is 4.30. The number of benzene rings is 2. The van der Waals surface area contributed by atoms with Gasteiger partial charge in [0, 0.05) is 30.6 Å². The quantitative estimate of drug-likeness (QED) is 0.434. The molecule has 1 nitrogen and oxygen atoms in total. The monoisotopic (exact) mass is 317 g/mol. The van der Waals surface area contributed by atoms with Crippen LogP contribution in [-0.4, -0.2) is 4.57 Å². The summed E-state index contributed by atoms with van der Waals surface area (Å²) in [6.07, 6.45) is 6.98. The first-order chi connectivity index (χ1) is 11.2. The van der Waals surface area contributed by atoms with Gasteiger partial charge in [0.05, 0.1) is 4.51 Å². The number of rotatable bonds is 4. The smallest absolute Gasteiger partial charge is 0.0563 e. The number of allylic oxidation sites excluding steroid dienone is 1. The van der Waals surface area contributed by atoms with Crippen LogP contribution in [-0.2, 0) is 13.5 Å². The Labute approximate surface area is 142 Å². The van der Waals surface area contributed by atoms with Crippen LogP contribution in [0.2, 0.25) is 0 Å². The van der Waals surface area contributed by atoms with Gasteiger partial charge in [-0.15, -0.1) is 6.58 Å². The van der Waals surface area contributed by atoms with Gasteiger partial charge in [-0.05, 0) is 23.1 Å².